The molecule has 0 saturated heterocycles. The van der Waals surface area contributed by atoms with Gasteiger partial charge in [-0.15, -0.1) is 0 Å². The number of amides is 2. The molecule has 0 unspecified atom stereocenters. The number of benzene rings is 1. The molecule has 1 aromatic carbocycles. The summed E-state index contributed by atoms with van der Waals surface area (Å²) in [5, 5.41) is 3.74. The fourth-order valence-electron chi connectivity index (χ4n) is 3.79. The van der Waals surface area contributed by atoms with Crippen LogP contribution in [0.15, 0.2) is 53.3 Å². The molecule has 0 fully saturated rings. The van der Waals surface area contributed by atoms with Crippen LogP contribution in [0.25, 0.3) is 22.7 Å². The lowest BCUT2D eigenvalue weighted by Crippen LogP contribution is -2.29. The number of pyridine rings is 2. The first-order valence-electron chi connectivity index (χ1n) is 9.90. The number of rotatable bonds is 4. The molecule has 4 heterocycles. The molecule has 2 N–H and O–H groups in total. The molecule has 9 heteroatoms. The molecule has 32 heavy (non-hydrogen) atoms. The van der Waals surface area contributed by atoms with Crippen LogP contribution in [0.1, 0.15) is 37.8 Å². The van der Waals surface area contributed by atoms with Crippen molar-refractivity contribution < 1.29 is 14.1 Å². The summed E-state index contributed by atoms with van der Waals surface area (Å²) in [5.41, 5.74) is 10.1. The van der Waals surface area contributed by atoms with E-state index in [0.29, 0.717) is 11.5 Å². The zero-order valence-corrected chi connectivity index (χ0v) is 17.4. The molecule has 0 spiro atoms. The molecule has 4 aromatic rings. The highest BCUT2D eigenvalue weighted by Crippen LogP contribution is 2.36. The SMILES string of the molecule is Cc1noc(-c2nc(C)c3c(c2N)C(=O)N(Cc2ccc(-c4ccncc4)cc2)C3=O)n1. The molecule has 5 rings (SSSR count). The van der Waals surface area contributed by atoms with Gasteiger partial charge in [-0.05, 0) is 42.7 Å². The predicted octanol–water partition coefficient (Wildman–Crippen LogP) is 3.19. The summed E-state index contributed by atoms with van der Waals surface area (Å²) in [6, 6.07) is 11.5. The lowest BCUT2D eigenvalue weighted by Gasteiger charge is -2.14. The van der Waals surface area contributed by atoms with Crippen LogP contribution in [0.3, 0.4) is 0 Å². The van der Waals surface area contributed by atoms with Gasteiger partial charge in [-0.1, -0.05) is 29.4 Å². The Morgan fingerprint density at radius 1 is 0.906 bits per heavy atom. The molecule has 2 amide bonds. The van der Waals surface area contributed by atoms with Crippen molar-refractivity contribution in [3.8, 4) is 22.7 Å². The maximum absolute atomic E-state index is 13.2. The second-order valence-corrected chi connectivity index (χ2v) is 7.49. The van der Waals surface area contributed by atoms with Gasteiger partial charge < -0.3 is 10.3 Å². The highest BCUT2D eigenvalue weighted by atomic mass is 16.5. The number of aromatic nitrogens is 4. The number of carbonyl (C=O) groups is 2. The number of hydrogen-bond donors (Lipinski definition) is 1. The zero-order valence-electron chi connectivity index (χ0n) is 17.4. The Labute approximate surface area is 182 Å². The van der Waals surface area contributed by atoms with E-state index >= 15 is 0 Å². The van der Waals surface area contributed by atoms with Gasteiger partial charge in [0.25, 0.3) is 17.7 Å². The Morgan fingerprint density at radius 3 is 2.22 bits per heavy atom. The fraction of sp³-hybridized carbons (Fsp3) is 0.130. The summed E-state index contributed by atoms with van der Waals surface area (Å²) in [5.74, 6) is -0.369. The molecule has 0 saturated carbocycles. The van der Waals surface area contributed by atoms with E-state index in [-0.39, 0.29) is 34.9 Å². The van der Waals surface area contributed by atoms with Crippen LogP contribution in [0.2, 0.25) is 0 Å². The van der Waals surface area contributed by atoms with Gasteiger partial charge >= 0.3 is 0 Å². The molecule has 158 valence electrons. The molecule has 0 radical (unpaired) electrons. The average Bonchev–Trinajstić information content (AvgIpc) is 3.34. The van der Waals surface area contributed by atoms with Crippen LogP contribution < -0.4 is 5.73 Å². The van der Waals surface area contributed by atoms with Gasteiger partial charge in [-0.3, -0.25) is 19.5 Å². The molecular formula is C23H18N6O3. The van der Waals surface area contributed by atoms with E-state index in [0.717, 1.165) is 16.7 Å². The third-order valence-corrected chi connectivity index (χ3v) is 5.37. The maximum Gasteiger partial charge on any atom is 0.278 e. The van der Waals surface area contributed by atoms with Crippen molar-refractivity contribution in [2.75, 3.05) is 5.73 Å². The monoisotopic (exact) mass is 426 g/mol. The number of nitrogens with two attached hydrogens (primary N) is 1. The first kappa shape index (κ1) is 19.6. The number of aryl methyl sites for hydroxylation is 2. The highest BCUT2D eigenvalue weighted by Gasteiger charge is 2.40. The molecule has 0 atom stereocenters. The van der Waals surface area contributed by atoms with E-state index < -0.39 is 11.8 Å². The number of anilines is 1. The first-order valence-corrected chi connectivity index (χ1v) is 9.90. The van der Waals surface area contributed by atoms with Gasteiger partial charge in [-0.2, -0.15) is 4.98 Å². The largest absolute Gasteiger partial charge is 0.396 e. The van der Waals surface area contributed by atoms with Crippen molar-refractivity contribution in [1.82, 2.24) is 25.0 Å². The third-order valence-electron chi connectivity index (χ3n) is 5.37. The van der Waals surface area contributed by atoms with E-state index in [1.165, 1.54) is 4.90 Å². The summed E-state index contributed by atoms with van der Waals surface area (Å²) in [7, 11) is 0. The molecule has 1 aliphatic heterocycles. The average molecular weight is 426 g/mol. The van der Waals surface area contributed by atoms with Crippen LogP contribution in [0, 0.1) is 13.8 Å². The predicted molar refractivity (Wildman–Crippen MR) is 115 cm³/mol. The van der Waals surface area contributed by atoms with Crippen molar-refractivity contribution >= 4 is 17.5 Å². The van der Waals surface area contributed by atoms with Crippen molar-refractivity contribution in [2.24, 2.45) is 0 Å². The molecule has 3 aromatic heterocycles. The minimum atomic E-state index is -0.469. The second kappa shape index (κ2) is 7.38. The normalized spacial score (nSPS) is 13.0. The van der Waals surface area contributed by atoms with Crippen LogP contribution in [-0.2, 0) is 6.54 Å². The van der Waals surface area contributed by atoms with Crippen molar-refractivity contribution in [1.29, 1.82) is 0 Å². The summed E-state index contributed by atoms with van der Waals surface area (Å²) in [4.78, 5) is 40.0. The van der Waals surface area contributed by atoms with Gasteiger partial charge in [0.15, 0.2) is 11.5 Å². The van der Waals surface area contributed by atoms with Gasteiger partial charge in [0, 0.05) is 12.4 Å². The van der Waals surface area contributed by atoms with Gasteiger partial charge in [0.2, 0.25) is 0 Å². The maximum atomic E-state index is 13.2. The minimum Gasteiger partial charge on any atom is -0.396 e. The van der Waals surface area contributed by atoms with Gasteiger partial charge in [0.05, 0.1) is 29.1 Å². The van der Waals surface area contributed by atoms with Crippen molar-refractivity contribution in [3.05, 3.63) is 77.0 Å². The molecule has 9 nitrogen and oxygen atoms in total. The van der Waals surface area contributed by atoms with Crippen molar-refractivity contribution in [3.63, 3.8) is 0 Å². The van der Waals surface area contributed by atoms with Crippen LogP contribution in [0.5, 0.6) is 0 Å². The molecular weight excluding hydrogens is 408 g/mol. The highest BCUT2D eigenvalue weighted by molar-refractivity contribution is 6.24. The summed E-state index contributed by atoms with van der Waals surface area (Å²) in [6.45, 7) is 3.44. The summed E-state index contributed by atoms with van der Waals surface area (Å²) in [6.07, 6.45) is 3.46. The number of nitrogen functional groups attached to an aromatic ring is 1. The Balaban J connectivity index is 1.46. The lowest BCUT2D eigenvalue weighted by molar-refractivity contribution is 0.0642. The molecule has 0 aliphatic carbocycles. The Kier molecular flexibility index (Phi) is 4.51. The second-order valence-electron chi connectivity index (χ2n) is 7.49. The van der Waals surface area contributed by atoms with Crippen LogP contribution in [-0.4, -0.2) is 36.8 Å². The van der Waals surface area contributed by atoms with E-state index in [1.54, 1.807) is 26.2 Å². The minimum absolute atomic E-state index is 0.0585. The van der Waals surface area contributed by atoms with Crippen LogP contribution >= 0.6 is 0 Å². The number of fused-ring (bicyclic) bond motifs is 1. The smallest absolute Gasteiger partial charge is 0.278 e. The van der Waals surface area contributed by atoms with Crippen LogP contribution in [0.4, 0.5) is 5.69 Å². The molecule has 0 bridgehead atoms. The number of imide groups is 1. The van der Waals surface area contributed by atoms with Crippen molar-refractivity contribution in [2.45, 2.75) is 20.4 Å². The fourth-order valence-corrected chi connectivity index (χ4v) is 3.79. The molecule has 1 aliphatic rings. The Bertz CT molecular complexity index is 1360. The Morgan fingerprint density at radius 2 is 1.56 bits per heavy atom. The first-order chi connectivity index (χ1) is 15.4. The van der Waals surface area contributed by atoms with Gasteiger partial charge in [0.1, 0.15) is 0 Å². The summed E-state index contributed by atoms with van der Waals surface area (Å²) < 4.78 is 5.16. The summed E-state index contributed by atoms with van der Waals surface area (Å²) >= 11 is 0. The van der Waals surface area contributed by atoms with E-state index in [9.17, 15) is 9.59 Å². The quantitative estimate of drug-likeness (QED) is 0.493. The zero-order chi connectivity index (χ0) is 22.4. The number of hydrogen-bond acceptors (Lipinski definition) is 8. The van der Waals surface area contributed by atoms with E-state index in [2.05, 4.69) is 20.1 Å². The van der Waals surface area contributed by atoms with E-state index in [4.69, 9.17) is 10.3 Å². The standard InChI is InChI=1S/C23H18N6O3/c1-12-17-18(19(24)20(26-12)21-27-13(2)28-32-21)23(31)29(22(17)30)11-14-3-5-15(6-4-14)16-7-9-25-10-8-16/h3-10H,11,24H2,1-2H3. The third kappa shape index (κ3) is 3.11. The number of nitrogens with zero attached hydrogens (tertiary/aromatic N) is 5. The Hall–Kier alpha value is -4.40. The number of carbonyl (C=O) groups excluding carboxylic acids is 2. The van der Waals surface area contributed by atoms with E-state index in [1.807, 2.05) is 36.4 Å². The topological polar surface area (TPSA) is 128 Å². The lowest BCUT2D eigenvalue weighted by atomic mass is 10.0. The van der Waals surface area contributed by atoms with Gasteiger partial charge in [-0.25, -0.2) is 4.98 Å².